The Kier molecular flexibility index (Phi) is 9.58. The van der Waals surface area contributed by atoms with Crippen LogP contribution in [-0.2, 0) is 9.59 Å². The predicted octanol–water partition coefficient (Wildman–Crippen LogP) is 3.27. The Morgan fingerprint density at radius 1 is 0.778 bits per heavy atom. The van der Waals surface area contributed by atoms with E-state index in [4.69, 9.17) is 10.5 Å². The zero-order chi connectivity index (χ0) is 25.9. The maximum atomic E-state index is 13.7. The number of anilines is 2. The SMILES string of the molecule is N#Cc1c(F)cccc1NCCNC(=O)C1CCCC(C(=O)NCCNc2cccc(F)c2C#N)C1. The topological polar surface area (TPSA) is 130 Å². The van der Waals surface area contributed by atoms with Crippen molar-refractivity contribution >= 4 is 23.2 Å². The maximum absolute atomic E-state index is 13.7. The molecular weight excluding hydrogens is 466 g/mol. The van der Waals surface area contributed by atoms with Gasteiger partial charge in [-0.25, -0.2) is 8.78 Å². The molecule has 1 fully saturated rings. The molecule has 0 heterocycles. The molecule has 188 valence electrons. The molecule has 1 aliphatic rings. The van der Waals surface area contributed by atoms with Crippen LogP contribution in [0, 0.1) is 46.1 Å². The quantitative estimate of drug-likeness (QED) is 0.375. The average molecular weight is 495 g/mol. The fourth-order valence-electron chi connectivity index (χ4n) is 4.29. The molecule has 0 aliphatic heterocycles. The van der Waals surface area contributed by atoms with Gasteiger partial charge in [-0.3, -0.25) is 9.59 Å². The second kappa shape index (κ2) is 13.1. The molecule has 4 N–H and O–H groups in total. The highest BCUT2D eigenvalue weighted by molar-refractivity contribution is 5.82. The number of hydrogen-bond donors (Lipinski definition) is 4. The van der Waals surface area contributed by atoms with Crippen LogP contribution < -0.4 is 21.3 Å². The lowest BCUT2D eigenvalue weighted by Crippen LogP contribution is -2.40. The highest BCUT2D eigenvalue weighted by Gasteiger charge is 2.30. The summed E-state index contributed by atoms with van der Waals surface area (Å²) in [5.41, 5.74) is 0.608. The van der Waals surface area contributed by atoms with E-state index >= 15 is 0 Å². The van der Waals surface area contributed by atoms with E-state index in [2.05, 4.69) is 21.3 Å². The smallest absolute Gasteiger partial charge is 0.223 e. The van der Waals surface area contributed by atoms with E-state index in [-0.39, 0.29) is 34.8 Å². The van der Waals surface area contributed by atoms with Crippen molar-refractivity contribution < 1.29 is 18.4 Å². The number of carbonyl (C=O) groups is 2. The van der Waals surface area contributed by atoms with Gasteiger partial charge < -0.3 is 21.3 Å². The summed E-state index contributed by atoms with van der Waals surface area (Å²) in [4.78, 5) is 25.2. The maximum Gasteiger partial charge on any atom is 0.223 e. The summed E-state index contributed by atoms with van der Waals surface area (Å²) in [6.07, 6.45) is 2.60. The van der Waals surface area contributed by atoms with Crippen molar-refractivity contribution in [1.29, 1.82) is 10.5 Å². The predicted molar refractivity (Wildman–Crippen MR) is 131 cm³/mol. The summed E-state index contributed by atoms with van der Waals surface area (Å²) in [5.74, 6) is -2.02. The highest BCUT2D eigenvalue weighted by Crippen LogP contribution is 2.29. The van der Waals surface area contributed by atoms with E-state index in [1.54, 1.807) is 12.1 Å². The number of carbonyl (C=O) groups excluding carboxylic acids is 2. The lowest BCUT2D eigenvalue weighted by atomic mass is 9.80. The molecule has 2 amide bonds. The Hall–Kier alpha value is -4.18. The monoisotopic (exact) mass is 494 g/mol. The summed E-state index contributed by atoms with van der Waals surface area (Å²) >= 11 is 0. The Morgan fingerprint density at radius 3 is 1.64 bits per heavy atom. The van der Waals surface area contributed by atoms with Crippen LogP contribution in [0.25, 0.3) is 0 Å². The van der Waals surface area contributed by atoms with Gasteiger partial charge in [-0.2, -0.15) is 10.5 Å². The number of nitriles is 2. The van der Waals surface area contributed by atoms with Crippen molar-refractivity contribution in [2.75, 3.05) is 36.8 Å². The van der Waals surface area contributed by atoms with Crippen LogP contribution >= 0.6 is 0 Å². The van der Waals surface area contributed by atoms with E-state index in [1.807, 2.05) is 12.1 Å². The number of halogens is 2. The van der Waals surface area contributed by atoms with E-state index in [9.17, 15) is 18.4 Å². The van der Waals surface area contributed by atoms with Crippen LogP contribution in [0.5, 0.6) is 0 Å². The first-order valence-electron chi connectivity index (χ1n) is 11.8. The number of hydrogen-bond acceptors (Lipinski definition) is 6. The number of nitrogens with zero attached hydrogens (tertiary/aromatic N) is 2. The van der Waals surface area contributed by atoms with Crippen LogP contribution in [0.3, 0.4) is 0 Å². The number of nitrogens with one attached hydrogen (secondary N) is 4. The Morgan fingerprint density at radius 2 is 1.22 bits per heavy atom. The molecule has 36 heavy (non-hydrogen) atoms. The molecule has 10 heteroatoms. The van der Waals surface area contributed by atoms with Gasteiger partial charge in [0.1, 0.15) is 34.9 Å². The van der Waals surface area contributed by atoms with Crippen molar-refractivity contribution in [1.82, 2.24) is 10.6 Å². The first-order valence-corrected chi connectivity index (χ1v) is 11.8. The van der Waals surface area contributed by atoms with Crippen LogP contribution in [0.2, 0.25) is 0 Å². The first-order chi connectivity index (χ1) is 17.4. The minimum Gasteiger partial charge on any atom is -0.382 e. The van der Waals surface area contributed by atoms with Gasteiger partial charge in [0.2, 0.25) is 11.8 Å². The lowest BCUT2D eigenvalue weighted by molar-refractivity contribution is -0.130. The van der Waals surface area contributed by atoms with Gasteiger partial charge >= 0.3 is 0 Å². The second-order valence-electron chi connectivity index (χ2n) is 8.54. The lowest BCUT2D eigenvalue weighted by Gasteiger charge is -2.27. The van der Waals surface area contributed by atoms with Crippen molar-refractivity contribution in [2.24, 2.45) is 11.8 Å². The van der Waals surface area contributed by atoms with E-state index in [0.29, 0.717) is 56.8 Å². The van der Waals surface area contributed by atoms with E-state index in [0.717, 1.165) is 6.42 Å². The Balaban J connectivity index is 1.38. The zero-order valence-corrected chi connectivity index (χ0v) is 19.7. The van der Waals surface area contributed by atoms with Crippen LogP contribution in [0.4, 0.5) is 20.2 Å². The summed E-state index contributed by atoms with van der Waals surface area (Å²) < 4.78 is 27.3. The van der Waals surface area contributed by atoms with Gasteiger partial charge in [-0.15, -0.1) is 0 Å². The highest BCUT2D eigenvalue weighted by atomic mass is 19.1. The fourth-order valence-corrected chi connectivity index (χ4v) is 4.29. The number of amides is 2. The molecule has 0 radical (unpaired) electrons. The molecule has 2 aromatic rings. The minimum atomic E-state index is -0.602. The molecule has 3 rings (SSSR count). The van der Waals surface area contributed by atoms with Crippen molar-refractivity contribution in [2.45, 2.75) is 25.7 Å². The average Bonchev–Trinajstić information content (AvgIpc) is 2.89. The first kappa shape index (κ1) is 26.4. The number of benzene rings is 2. The molecule has 0 spiro atoms. The van der Waals surface area contributed by atoms with Crippen LogP contribution in [0.1, 0.15) is 36.8 Å². The molecule has 0 saturated heterocycles. The third kappa shape index (κ3) is 6.92. The normalized spacial score (nSPS) is 16.8. The zero-order valence-electron chi connectivity index (χ0n) is 19.7. The summed E-state index contributed by atoms with van der Waals surface area (Å²) in [5, 5.41) is 29.7. The van der Waals surface area contributed by atoms with Gasteiger partial charge in [-0.1, -0.05) is 18.6 Å². The summed E-state index contributed by atoms with van der Waals surface area (Å²) in [6, 6.07) is 12.3. The molecule has 2 unspecified atom stereocenters. The molecule has 0 aromatic heterocycles. The molecular formula is C26H28F2N6O2. The Labute approximate surface area is 208 Å². The standard InChI is InChI=1S/C26H28F2N6O2/c27-21-6-2-8-23(19(21)15-29)31-10-12-33-25(35)17-4-1-5-18(14-17)26(36)34-13-11-32-24-9-3-7-22(28)20(24)16-30/h2-3,6-9,17-18,31-32H,1,4-5,10-14H2,(H,33,35)(H,34,36). The molecule has 2 atom stereocenters. The van der Waals surface area contributed by atoms with E-state index < -0.39 is 11.6 Å². The molecule has 2 aromatic carbocycles. The van der Waals surface area contributed by atoms with Gasteiger partial charge in [0.15, 0.2) is 0 Å². The van der Waals surface area contributed by atoms with Crippen molar-refractivity contribution in [3.05, 3.63) is 59.2 Å². The molecule has 8 nitrogen and oxygen atoms in total. The van der Waals surface area contributed by atoms with Gasteiger partial charge in [-0.05, 0) is 43.5 Å². The third-order valence-electron chi connectivity index (χ3n) is 6.15. The number of rotatable bonds is 10. The molecule has 0 bridgehead atoms. The van der Waals surface area contributed by atoms with Crippen LogP contribution in [0.15, 0.2) is 36.4 Å². The van der Waals surface area contributed by atoms with Crippen molar-refractivity contribution in [3.8, 4) is 12.1 Å². The van der Waals surface area contributed by atoms with Crippen molar-refractivity contribution in [3.63, 3.8) is 0 Å². The third-order valence-corrected chi connectivity index (χ3v) is 6.15. The molecule has 1 aliphatic carbocycles. The van der Waals surface area contributed by atoms with Gasteiger partial charge in [0.05, 0.1) is 11.4 Å². The minimum absolute atomic E-state index is 0.0680. The molecule has 1 saturated carbocycles. The Bertz CT molecular complexity index is 1080. The van der Waals surface area contributed by atoms with E-state index in [1.165, 1.54) is 24.3 Å². The summed E-state index contributed by atoms with van der Waals surface area (Å²) in [6.45, 7) is 1.24. The van der Waals surface area contributed by atoms with Crippen LogP contribution in [-0.4, -0.2) is 38.0 Å². The van der Waals surface area contributed by atoms with Gasteiger partial charge in [0, 0.05) is 38.0 Å². The summed E-state index contributed by atoms with van der Waals surface area (Å²) in [7, 11) is 0. The second-order valence-corrected chi connectivity index (χ2v) is 8.54. The largest absolute Gasteiger partial charge is 0.382 e. The fraction of sp³-hybridized carbons (Fsp3) is 0.385. The van der Waals surface area contributed by atoms with Gasteiger partial charge in [0.25, 0.3) is 0 Å².